The van der Waals surface area contributed by atoms with Crippen LogP contribution in [0.5, 0.6) is 0 Å². The molecule has 0 aromatic heterocycles. The monoisotopic (exact) mass is 1070 g/mol. The van der Waals surface area contributed by atoms with Crippen LogP contribution >= 0.6 is 0 Å². The third kappa shape index (κ3) is 15.4. The van der Waals surface area contributed by atoms with Gasteiger partial charge in [0, 0.05) is 0 Å². The van der Waals surface area contributed by atoms with Gasteiger partial charge in [0.2, 0.25) is 12.0 Å². The van der Waals surface area contributed by atoms with Gasteiger partial charge in [-0.3, -0.25) is 22.8 Å². The van der Waals surface area contributed by atoms with Crippen LogP contribution in [-0.2, 0) is 107 Å². The van der Waals surface area contributed by atoms with Crippen molar-refractivity contribution in [3.8, 4) is 0 Å². The van der Waals surface area contributed by atoms with Crippen molar-refractivity contribution in [3.05, 3.63) is 11.8 Å². The zero-order valence-corrected chi connectivity index (χ0v) is 35.8. The Labute approximate surface area is 368 Å². The molecule has 0 aliphatic carbocycles. The van der Waals surface area contributed by atoms with Gasteiger partial charge in [0.05, 0.1) is 13.2 Å². The third-order valence-electron chi connectivity index (χ3n) is 8.97. The summed E-state index contributed by atoms with van der Waals surface area (Å²) in [7, 11) is -27.6. The normalized spacial score (nSPS) is 38.5. The van der Waals surface area contributed by atoms with Crippen molar-refractivity contribution in [2.75, 3.05) is 13.2 Å². The Balaban J connectivity index is 1.71. The van der Waals surface area contributed by atoms with Gasteiger partial charge < -0.3 is 74.0 Å². The van der Waals surface area contributed by atoms with E-state index >= 15 is 0 Å². The predicted octanol–water partition coefficient (Wildman–Crippen LogP) is -10.1. The second kappa shape index (κ2) is 21.1. The largest absolute Gasteiger partial charge is 0.479 e. The van der Waals surface area contributed by atoms with Gasteiger partial charge in [-0.2, -0.15) is 51.5 Å². The van der Waals surface area contributed by atoms with Crippen molar-refractivity contribution in [2.24, 2.45) is 0 Å². The van der Waals surface area contributed by atoms with Crippen molar-refractivity contribution >= 4 is 63.7 Å². The van der Waals surface area contributed by atoms with Crippen molar-refractivity contribution < 1.29 is 161 Å². The highest BCUT2D eigenvalue weighted by Crippen LogP contribution is 2.35. The average molecular weight is 1070 g/mol. The number of aliphatic carboxylic acids is 2. The molecule has 0 aromatic carbocycles. The van der Waals surface area contributed by atoms with Gasteiger partial charge >= 0.3 is 63.7 Å². The van der Waals surface area contributed by atoms with Gasteiger partial charge in [0.25, 0.3) is 0 Å². The lowest BCUT2D eigenvalue weighted by atomic mass is 9.95. The van der Waals surface area contributed by atoms with E-state index < -0.39 is 193 Å². The zero-order valence-electron chi connectivity index (χ0n) is 31.7. The summed E-state index contributed by atoms with van der Waals surface area (Å²) in [6, 6.07) is -5.02. The summed E-state index contributed by atoms with van der Waals surface area (Å²) in [4.78, 5) is 24.2. The molecule has 4 heterocycles. The Morgan fingerprint density at radius 1 is 0.561 bits per heavy atom. The first-order chi connectivity index (χ1) is 29.9. The minimum absolute atomic E-state index is 0.307. The minimum Gasteiger partial charge on any atom is -0.479 e. The summed E-state index contributed by atoms with van der Waals surface area (Å²) in [5.41, 5.74) is 0. The Bertz CT molecular complexity index is 2340. The second-order valence-electron chi connectivity index (χ2n) is 13.6. The molecule has 42 heteroatoms. The first kappa shape index (κ1) is 55.9. The van der Waals surface area contributed by atoms with Crippen LogP contribution in [0.2, 0.25) is 0 Å². The molecular weight excluding hydrogens is 1040 g/mol. The Morgan fingerprint density at radius 2 is 1.03 bits per heavy atom. The van der Waals surface area contributed by atoms with Crippen LogP contribution in [0.25, 0.3) is 0 Å². The van der Waals surface area contributed by atoms with Gasteiger partial charge in [0.1, 0.15) is 73.1 Å². The molecule has 3 fully saturated rings. The van der Waals surface area contributed by atoms with Gasteiger partial charge in [-0.15, -0.1) is 0 Å². The van der Waals surface area contributed by atoms with Crippen LogP contribution < -0.4 is 9.44 Å². The molecule has 37 nitrogen and oxygen atoms in total. The maximum atomic E-state index is 12.5. The molecule has 0 spiro atoms. The van der Waals surface area contributed by atoms with Crippen LogP contribution in [0.15, 0.2) is 11.8 Å². The van der Waals surface area contributed by atoms with E-state index in [0.717, 1.165) is 0 Å². The van der Waals surface area contributed by atoms with E-state index in [0.29, 0.717) is 6.08 Å². The molecule has 0 unspecified atom stereocenters. The van der Waals surface area contributed by atoms with Gasteiger partial charge in [-0.05, 0) is 6.08 Å². The highest BCUT2D eigenvalue weighted by Gasteiger charge is 2.57. The van der Waals surface area contributed by atoms with Crippen LogP contribution in [0, 0.1) is 0 Å². The number of carbonyl (C=O) groups is 2. The highest BCUT2D eigenvalue weighted by molar-refractivity contribution is 7.84. The molecule has 0 aromatic rings. The van der Waals surface area contributed by atoms with Gasteiger partial charge in [0.15, 0.2) is 31.1 Å². The standard InChI is InChI=1S/C24H38N2O35S5/c27-4-1-5(19(32)33)55-24(14(4)61-66(49,50)51)58-16-7(3-53-65(46,47)48)56-22(9(11(16)29)26-63(40,41)42)59-17-12(30)13(31)23(60-18(17)20(34)35)57-15-6(2-52-64(43,44)45)54-21(36)8(10(15)28)25-62(37,38)39/h1,4,6-18,21-31,36H,2-3H2,(H,32,33)(H,34,35)(H,37,38,39)(H,40,41,42)(H,43,44,45)(H,46,47,48)(H,49,50,51)/t4-,6+,7+,8+,9+,10+,11+,12+,13+,14+,15+,16+,17-,18+,21-,22+,23+,24-/m0/s1. The molecule has 3 saturated heterocycles. The van der Waals surface area contributed by atoms with Crippen LogP contribution in [0.3, 0.4) is 0 Å². The number of aliphatic hydroxyl groups excluding tert-OH is 6. The van der Waals surface area contributed by atoms with E-state index in [1.807, 2.05) is 0 Å². The number of nitrogens with one attached hydrogen (secondary N) is 2. The zero-order chi connectivity index (χ0) is 50.2. The molecule has 18 atom stereocenters. The lowest BCUT2D eigenvalue weighted by molar-refractivity contribution is -0.364. The molecular formula is C24H38N2O35S5. The van der Waals surface area contributed by atoms with Crippen LogP contribution in [-0.4, -0.2) is 241 Å². The number of carboxylic acids is 2. The Morgan fingerprint density at radius 3 is 1.50 bits per heavy atom. The van der Waals surface area contributed by atoms with E-state index in [2.05, 4.69) is 12.5 Å². The molecule has 0 saturated carbocycles. The number of rotatable bonds is 20. The fourth-order valence-corrected chi connectivity index (χ4v) is 8.65. The van der Waals surface area contributed by atoms with Crippen molar-refractivity contribution in [1.29, 1.82) is 0 Å². The van der Waals surface area contributed by atoms with Crippen molar-refractivity contribution in [3.63, 3.8) is 0 Å². The minimum atomic E-state index is -5.67. The highest BCUT2D eigenvalue weighted by atomic mass is 32.3. The maximum Gasteiger partial charge on any atom is 0.397 e. The van der Waals surface area contributed by atoms with Crippen LogP contribution in [0.4, 0.5) is 0 Å². The fraction of sp³-hybridized carbons (Fsp3) is 0.833. The summed E-state index contributed by atoms with van der Waals surface area (Å²) in [5.74, 6) is -5.47. The molecule has 4 rings (SSSR count). The number of hydrogen-bond donors (Lipinski definition) is 15. The molecule has 15 N–H and O–H groups in total. The van der Waals surface area contributed by atoms with E-state index in [4.69, 9.17) is 37.7 Å². The summed E-state index contributed by atoms with van der Waals surface area (Å²) in [5, 5.41) is 84.7. The molecule has 4 aliphatic rings. The first-order valence-electron chi connectivity index (χ1n) is 17.2. The number of aliphatic hydroxyl groups is 6. The molecule has 384 valence electrons. The molecule has 0 radical (unpaired) electrons. The summed E-state index contributed by atoms with van der Waals surface area (Å²) in [6.07, 6.45) is -41.1. The Hall–Kier alpha value is -2.65. The fourth-order valence-electron chi connectivity index (χ4n) is 6.35. The van der Waals surface area contributed by atoms with E-state index in [1.54, 1.807) is 0 Å². The molecule has 0 amide bonds. The van der Waals surface area contributed by atoms with E-state index in [-0.39, 0.29) is 0 Å². The summed E-state index contributed by atoms with van der Waals surface area (Å²) >= 11 is 0. The quantitative estimate of drug-likeness (QED) is 0.0503. The maximum absolute atomic E-state index is 12.5. The topological polar surface area (TPSA) is 584 Å². The predicted molar refractivity (Wildman–Crippen MR) is 189 cm³/mol. The van der Waals surface area contributed by atoms with Crippen molar-refractivity contribution in [2.45, 2.75) is 110 Å². The summed E-state index contributed by atoms with van der Waals surface area (Å²) < 4.78 is 214. The molecule has 66 heavy (non-hydrogen) atoms. The van der Waals surface area contributed by atoms with Gasteiger partial charge in [-0.1, -0.05) is 0 Å². The smallest absolute Gasteiger partial charge is 0.397 e. The SMILES string of the molecule is O=C(O)C1=C[C@H](O)[C@@H](OS(=O)(=O)O)[C@H](O[C@H]2[C@H](O)[C@@H](NS(=O)(=O)O)[C@@H](O[C@H]3[C@H](O)[C@@H](O)[C@H](O[C@H]4[C@H](O)[C@@H](NS(=O)(=O)O)[C@@H](O)O[C@@H]4COS(=O)(=O)O)O[C@H]3C(=O)O)O[C@@H]2COS(=O)(=O)O)O1. The lowest BCUT2D eigenvalue weighted by Gasteiger charge is -2.49. The van der Waals surface area contributed by atoms with Gasteiger partial charge in [-0.25, -0.2) is 22.1 Å². The molecule has 4 aliphatic heterocycles. The number of ether oxygens (including phenoxy) is 7. The van der Waals surface area contributed by atoms with E-state index in [1.165, 1.54) is 9.44 Å². The third-order valence-corrected chi connectivity index (χ3v) is 11.4. The van der Waals surface area contributed by atoms with Crippen molar-refractivity contribution in [1.82, 2.24) is 9.44 Å². The first-order valence-corrected chi connectivity index (χ1v) is 24.2. The lowest BCUT2D eigenvalue weighted by Crippen LogP contribution is -2.70. The second-order valence-corrected chi connectivity index (χ2v) is 19.2. The van der Waals surface area contributed by atoms with E-state index in [9.17, 15) is 111 Å². The number of hydrogen-bond acceptors (Lipinski definition) is 28. The number of carboxylic acid groups (broad SMARTS) is 2. The Kier molecular flexibility index (Phi) is 17.9. The van der Waals surface area contributed by atoms with Crippen LogP contribution in [0.1, 0.15) is 0 Å². The summed E-state index contributed by atoms with van der Waals surface area (Å²) in [6.45, 7) is -3.05. The average Bonchev–Trinajstić information content (AvgIpc) is 3.14. The molecule has 0 bridgehead atoms.